The number of rotatable bonds is 1. The van der Waals surface area contributed by atoms with Gasteiger partial charge >= 0.3 is 6.18 Å². The maximum absolute atomic E-state index is 12.2. The summed E-state index contributed by atoms with van der Waals surface area (Å²) in [5, 5.41) is 3.32. The van der Waals surface area contributed by atoms with Gasteiger partial charge in [0, 0.05) is 13.6 Å². The number of alkyl halides is 3. The van der Waals surface area contributed by atoms with E-state index in [1.165, 1.54) is 7.05 Å². The molecule has 8 heteroatoms. The molecule has 0 saturated heterocycles. The Morgan fingerprint density at radius 2 is 2.00 bits per heavy atom. The maximum atomic E-state index is 12.2. The second-order valence-corrected chi connectivity index (χ2v) is 3.23. The summed E-state index contributed by atoms with van der Waals surface area (Å²) in [5.41, 5.74) is 4.64. The first-order chi connectivity index (χ1) is 5.88. The molecule has 0 fully saturated rings. The molecule has 0 aliphatic heterocycles. The van der Waals surface area contributed by atoms with Crippen LogP contribution in [0.5, 0.6) is 0 Å². The summed E-state index contributed by atoms with van der Waals surface area (Å²) in [6.45, 7) is 0.0141. The van der Waals surface area contributed by atoms with E-state index in [4.69, 9.17) is 5.73 Å². The van der Waals surface area contributed by atoms with Crippen molar-refractivity contribution >= 4 is 32.9 Å². The summed E-state index contributed by atoms with van der Waals surface area (Å²) in [4.78, 5) is 0. The topological polar surface area (TPSA) is 43.8 Å². The highest BCUT2D eigenvalue weighted by atomic mass is 79.9. The number of hydrogen-bond acceptors (Lipinski definition) is 2. The van der Waals surface area contributed by atoms with Gasteiger partial charge in [0.2, 0.25) is 0 Å². The van der Waals surface area contributed by atoms with Crippen LogP contribution in [0.2, 0.25) is 0 Å². The van der Waals surface area contributed by atoms with Crippen LogP contribution in [-0.4, -0.2) is 9.78 Å². The highest BCUT2D eigenvalue weighted by Crippen LogP contribution is 2.35. The summed E-state index contributed by atoms with van der Waals surface area (Å²) < 4.78 is 37.7. The summed E-state index contributed by atoms with van der Waals surface area (Å²) in [6, 6.07) is 0. The molecule has 82 valence electrons. The van der Waals surface area contributed by atoms with E-state index in [0.717, 1.165) is 4.68 Å². The van der Waals surface area contributed by atoms with Crippen molar-refractivity contribution in [2.75, 3.05) is 0 Å². The fourth-order valence-corrected chi connectivity index (χ4v) is 1.66. The molecule has 3 nitrogen and oxygen atoms in total. The van der Waals surface area contributed by atoms with Gasteiger partial charge in [-0.15, -0.1) is 17.0 Å². The third-order valence-electron chi connectivity index (χ3n) is 1.56. The Kier molecular flexibility index (Phi) is 4.60. The number of nitrogens with two attached hydrogens (primary N) is 1. The van der Waals surface area contributed by atoms with E-state index in [1.807, 2.05) is 0 Å². The molecular formula is C6H8Br2F3N3. The SMILES string of the molecule is Br.Cn1nc(C(F)(F)F)c(Br)c1CN. The van der Waals surface area contributed by atoms with E-state index in [-0.39, 0.29) is 28.0 Å². The minimum absolute atomic E-state index is 0. The Morgan fingerprint density at radius 3 is 2.21 bits per heavy atom. The average molecular weight is 339 g/mol. The summed E-state index contributed by atoms with van der Waals surface area (Å²) in [7, 11) is 1.42. The van der Waals surface area contributed by atoms with Gasteiger partial charge in [0.1, 0.15) is 0 Å². The standard InChI is InChI=1S/C6H7BrF3N3.BrH/c1-13-3(2-11)4(7)5(12-13)6(8,9)10;/h2,11H2,1H3;1H. The Balaban J connectivity index is 0.00000169. The average Bonchev–Trinajstić information content (AvgIpc) is 2.25. The van der Waals surface area contributed by atoms with Crippen LogP contribution in [0.25, 0.3) is 0 Å². The molecule has 0 saturated carbocycles. The van der Waals surface area contributed by atoms with Crippen molar-refractivity contribution < 1.29 is 13.2 Å². The Hall–Kier alpha value is -0.0800. The van der Waals surface area contributed by atoms with Gasteiger partial charge in [-0.2, -0.15) is 18.3 Å². The van der Waals surface area contributed by atoms with Gasteiger partial charge in [0.05, 0.1) is 10.2 Å². The van der Waals surface area contributed by atoms with Crippen LogP contribution in [0.3, 0.4) is 0 Å². The lowest BCUT2D eigenvalue weighted by molar-refractivity contribution is -0.142. The van der Waals surface area contributed by atoms with Crippen LogP contribution in [0.4, 0.5) is 13.2 Å². The molecule has 1 rings (SSSR count). The second kappa shape index (κ2) is 4.63. The number of aryl methyl sites for hydroxylation is 1. The van der Waals surface area contributed by atoms with E-state index in [1.54, 1.807) is 0 Å². The molecule has 0 amide bonds. The van der Waals surface area contributed by atoms with Gasteiger partial charge < -0.3 is 5.73 Å². The quantitative estimate of drug-likeness (QED) is 0.853. The van der Waals surface area contributed by atoms with E-state index in [0.29, 0.717) is 5.69 Å². The second-order valence-electron chi connectivity index (χ2n) is 2.43. The molecule has 14 heavy (non-hydrogen) atoms. The molecule has 0 radical (unpaired) electrons. The first-order valence-electron chi connectivity index (χ1n) is 3.36. The summed E-state index contributed by atoms with van der Waals surface area (Å²) in [6.07, 6.45) is -4.44. The Bertz CT molecular complexity index is 321. The normalized spacial score (nSPS) is 11.3. The third-order valence-corrected chi connectivity index (χ3v) is 2.40. The van der Waals surface area contributed by atoms with Crippen molar-refractivity contribution in [3.63, 3.8) is 0 Å². The predicted octanol–water partition coefficient (Wildman–Crippen LogP) is 2.24. The van der Waals surface area contributed by atoms with Crippen molar-refractivity contribution in [3.8, 4) is 0 Å². The van der Waals surface area contributed by atoms with Crippen LogP contribution in [0, 0.1) is 0 Å². The first-order valence-corrected chi connectivity index (χ1v) is 4.16. The molecule has 0 spiro atoms. The lowest BCUT2D eigenvalue weighted by Crippen LogP contribution is -2.07. The minimum Gasteiger partial charge on any atom is -0.325 e. The lowest BCUT2D eigenvalue weighted by Gasteiger charge is -2.01. The fraction of sp³-hybridized carbons (Fsp3) is 0.500. The van der Waals surface area contributed by atoms with Crippen molar-refractivity contribution in [3.05, 3.63) is 15.9 Å². The van der Waals surface area contributed by atoms with Crippen LogP contribution in [0.1, 0.15) is 11.4 Å². The minimum atomic E-state index is -4.44. The van der Waals surface area contributed by atoms with Crippen molar-refractivity contribution in [2.45, 2.75) is 12.7 Å². The van der Waals surface area contributed by atoms with E-state index in [9.17, 15) is 13.2 Å². The number of hydrogen-bond donors (Lipinski definition) is 1. The molecule has 1 aromatic rings. The summed E-state index contributed by atoms with van der Waals surface area (Å²) in [5.74, 6) is 0. The van der Waals surface area contributed by atoms with Crippen LogP contribution in [0.15, 0.2) is 4.47 Å². The third kappa shape index (κ3) is 2.48. The molecular weight excluding hydrogens is 331 g/mol. The molecule has 0 unspecified atom stereocenters. The van der Waals surface area contributed by atoms with Gasteiger partial charge in [-0.25, -0.2) is 0 Å². The van der Waals surface area contributed by atoms with E-state index >= 15 is 0 Å². The molecule has 0 aliphatic rings. The lowest BCUT2D eigenvalue weighted by atomic mass is 10.3. The molecule has 1 aromatic heterocycles. The highest BCUT2D eigenvalue weighted by Gasteiger charge is 2.37. The van der Waals surface area contributed by atoms with Crippen LogP contribution < -0.4 is 5.73 Å². The van der Waals surface area contributed by atoms with Crippen molar-refractivity contribution in [2.24, 2.45) is 12.8 Å². The molecule has 0 bridgehead atoms. The van der Waals surface area contributed by atoms with Crippen molar-refractivity contribution in [1.82, 2.24) is 9.78 Å². The molecule has 0 atom stereocenters. The van der Waals surface area contributed by atoms with Gasteiger partial charge in [-0.05, 0) is 15.9 Å². The predicted molar refractivity (Wildman–Crippen MR) is 54.1 cm³/mol. The first kappa shape index (κ1) is 13.9. The van der Waals surface area contributed by atoms with Crippen molar-refractivity contribution in [1.29, 1.82) is 0 Å². The molecule has 0 aliphatic carbocycles. The zero-order valence-electron chi connectivity index (χ0n) is 7.10. The van der Waals surface area contributed by atoms with E-state index in [2.05, 4.69) is 21.0 Å². The fourth-order valence-electron chi connectivity index (χ4n) is 0.936. The highest BCUT2D eigenvalue weighted by molar-refractivity contribution is 9.10. The molecule has 0 aromatic carbocycles. The Labute approximate surface area is 97.4 Å². The van der Waals surface area contributed by atoms with Gasteiger partial charge in [-0.1, -0.05) is 0 Å². The maximum Gasteiger partial charge on any atom is 0.436 e. The largest absolute Gasteiger partial charge is 0.436 e. The van der Waals surface area contributed by atoms with Crippen LogP contribution >= 0.6 is 32.9 Å². The Morgan fingerprint density at radius 1 is 1.50 bits per heavy atom. The smallest absolute Gasteiger partial charge is 0.325 e. The number of nitrogens with zero attached hydrogens (tertiary/aromatic N) is 2. The van der Waals surface area contributed by atoms with E-state index < -0.39 is 11.9 Å². The molecule has 1 heterocycles. The number of aromatic nitrogens is 2. The summed E-state index contributed by atoms with van der Waals surface area (Å²) >= 11 is 2.81. The number of halogens is 5. The monoisotopic (exact) mass is 337 g/mol. The van der Waals surface area contributed by atoms with Gasteiger partial charge in [-0.3, -0.25) is 4.68 Å². The zero-order chi connectivity index (χ0) is 10.2. The van der Waals surface area contributed by atoms with Gasteiger partial charge in [0.25, 0.3) is 0 Å². The van der Waals surface area contributed by atoms with Crippen LogP contribution in [-0.2, 0) is 19.8 Å². The van der Waals surface area contributed by atoms with Gasteiger partial charge in [0.15, 0.2) is 5.69 Å². The zero-order valence-corrected chi connectivity index (χ0v) is 10.4. The molecule has 2 N–H and O–H groups in total.